The maximum atomic E-state index is 12.7. The average molecular weight is 844 g/mol. The van der Waals surface area contributed by atoms with Crippen LogP contribution in [0, 0.1) is 11.8 Å². The summed E-state index contributed by atoms with van der Waals surface area (Å²) in [5.41, 5.74) is 0. The molecule has 360 valence electrons. The molecule has 60 heavy (non-hydrogen) atoms. The Labute approximate surface area is 382 Å². The maximum absolute atomic E-state index is 12.7. The third kappa shape index (κ3) is 52.0. The van der Waals surface area contributed by atoms with Gasteiger partial charge >= 0.3 is 0 Å². The summed E-state index contributed by atoms with van der Waals surface area (Å²) in [5.74, 6) is 1.69. The lowest BCUT2D eigenvalue weighted by atomic mass is 9.91. The zero-order valence-electron chi connectivity index (χ0n) is 42.8. The number of ketones is 1. The van der Waals surface area contributed by atoms with E-state index in [1.807, 2.05) is 0 Å². The molecule has 1 nitrogen and oxygen atoms in total. The topological polar surface area (TPSA) is 17.1 Å². The van der Waals surface area contributed by atoms with Crippen LogP contribution in [0.2, 0.25) is 0 Å². The number of hydrogen-bond donors (Lipinski definition) is 0. The molecule has 0 aromatic rings. The van der Waals surface area contributed by atoms with E-state index < -0.39 is 0 Å². The zero-order chi connectivity index (χ0) is 43.5. The van der Waals surface area contributed by atoms with Crippen LogP contribution in [0.1, 0.15) is 362 Å². The summed E-state index contributed by atoms with van der Waals surface area (Å²) < 4.78 is 0. The number of carbonyl (C=O) groups is 1. The minimum atomic E-state index is 0.531. The normalized spacial score (nSPS) is 12.7. The quantitative estimate of drug-likeness (QED) is 0.0558. The predicted octanol–water partition coefficient (Wildman–Crippen LogP) is 22.2. The van der Waals surface area contributed by atoms with Crippen molar-refractivity contribution in [2.45, 2.75) is 362 Å². The van der Waals surface area contributed by atoms with E-state index in [-0.39, 0.29) is 0 Å². The molecule has 0 saturated heterocycles. The molecule has 0 bridgehead atoms. The molecule has 0 amide bonds. The second-order valence-corrected chi connectivity index (χ2v) is 21.0. The van der Waals surface area contributed by atoms with Crippen molar-refractivity contribution < 1.29 is 4.79 Å². The van der Waals surface area contributed by atoms with Gasteiger partial charge in [-0.3, -0.25) is 4.79 Å². The first-order valence-electron chi connectivity index (χ1n) is 29.1. The van der Waals surface area contributed by atoms with Crippen molar-refractivity contribution in [3.8, 4) is 0 Å². The molecule has 0 aromatic heterocycles. The fourth-order valence-corrected chi connectivity index (χ4v) is 9.97. The first-order chi connectivity index (χ1) is 29.6. The fourth-order valence-electron chi connectivity index (χ4n) is 9.97. The summed E-state index contributed by atoms with van der Waals surface area (Å²) in [4.78, 5) is 12.7. The fraction of sp³-hybridized carbons (Fsp3) is 0.983. The standard InChI is InChI=1S/C59H118O/c1-5-7-9-11-13-15-17-19-21-23-25-27-29-31-33-35-37-39-41-43-45-47-49-51-53-57(3)55-59(60)56-58(4)54-52-50-48-46-44-42-40-38-36-34-32-30-28-26-24-22-20-18-16-14-12-10-8-6-2/h57-58H,5-56H2,1-4H3. The summed E-state index contributed by atoms with van der Waals surface area (Å²) in [6.07, 6.45) is 73.7. The molecule has 0 aliphatic heterocycles. The molecule has 2 unspecified atom stereocenters. The smallest absolute Gasteiger partial charge is 0.133 e. The number of hydrogen-bond acceptors (Lipinski definition) is 1. The Morgan fingerprint density at radius 2 is 0.367 bits per heavy atom. The van der Waals surface area contributed by atoms with E-state index >= 15 is 0 Å². The average Bonchev–Trinajstić information content (AvgIpc) is 3.23. The van der Waals surface area contributed by atoms with Crippen molar-refractivity contribution in [1.29, 1.82) is 0 Å². The van der Waals surface area contributed by atoms with Crippen LogP contribution in [0.5, 0.6) is 0 Å². The van der Waals surface area contributed by atoms with E-state index in [0.717, 1.165) is 12.8 Å². The van der Waals surface area contributed by atoms with Crippen LogP contribution >= 0.6 is 0 Å². The van der Waals surface area contributed by atoms with Gasteiger partial charge in [-0.05, 0) is 11.8 Å². The third-order valence-electron chi connectivity index (χ3n) is 14.3. The first kappa shape index (κ1) is 59.7. The molecule has 0 heterocycles. The lowest BCUT2D eigenvalue weighted by Crippen LogP contribution is -2.10. The van der Waals surface area contributed by atoms with Crippen LogP contribution in [0.15, 0.2) is 0 Å². The summed E-state index contributed by atoms with van der Waals surface area (Å²) in [6, 6.07) is 0. The van der Waals surface area contributed by atoms with Gasteiger partial charge in [-0.1, -0.05) is 349 Å². The largest absolute Gasteiger partial charge is 0.300 e. The van der Waals surface area contributed by atoms with Crippen LogP contribution in [0.25, 0.3) is 0 Å². The summed E-state index contributed by atoms with van der Waals surface area (Å²) >= 11 is 0. The van der Waals surface area contributed by atoms with Gasteiger partial charge in [0, 0.05) is 12.8 Å². The zero-order valence-corrected chi connectivity index (χ0v) is 42.8. The van der Waals surface area contributed by atoms with Crippen molar-refractivity contribution in [3.63, 3.8) is 0 Å². The molecule has 0 saturated carbocycles. The van der Waals surface area contributed by atoms with Gasteiger partial charge < -0.3 is 0 Å². The van der Waals surface area contributed by atoms with Crippen molar-refractivity contribution >= 4 is 5.78 Å². The monoisotopic (exact) mass is 843 g/mol. The molecule has 0 spiro atoms. The van der Waals surface area contributed by atoms with Crippen LogP contribution in [0.4, 0.5) is 0 Å². The van der Waals surface area contributed by atoms with Gasteiger partial charge in [-0.25, -0.2) is 0 Å². The van der Waals surface area contributed by atoms with E-state index in [1.165, 1.54) is 321 Å². The molecule has 0 aliphatic carbocycles. The van der Waals surface area contributed by atoms with Crippen LogP contribution in [-0.2, 0) is 4.79 Å². The maximum Gasteiger partial charge on any atom is 0.133 e. The Morgan fingerprint density at radius 3 is 0.517 bits per heavy atom. The van der Waals surface area contributed by atoms with Crippen LogP contribution in [0.3, 0.4) is 0 Å². The van der Waals surface area contributed by atoms with Gasteiger partial charge in [0.15, 0.2) is 0 Å². The predicted molar refractivity (Wildman–Crippen MR) is 275 cm³/mol. The molecule has 1 heteroatoms. The second kappa shape index (κ2) is 53.0. The Bertz CT molecular complexity index is 709. The van der Waals surface area contributed by atoms with Gasteiger partial charge in [0.05, 0.1) is 0 Å². The number of unbranched alkanes of at least 4 members (excludes halogenated alkanes) is 46. The van der Waals surface area contributed by atoms with Crippen molar-refractivity contribution in [3.05, 3.63) is 0 Å². The molecule has 0 aromatic carbocycles. The van der Waals surface area contributed by atoms with Crippen molar-refractivity contribution in [2.24, 2.45) is 11.8 Å². The minimum absolute atomic E-state index is 0.531. The van der Waals surface area contributed by atoms with Crippen molar-refractivity contribution in [1.82, 2.24) is 0 Å². The third-order valence-corrected chi connectivity index (χ3v) is 14.3. The Hall–Kier alpha value is -0.330. The van der Waals surface area contributed by atoms with Gasteiger partial charge in [0.1, 0.15) is 5.78 Å². The minimum Gasteiger partial charge on any atom is -0.300 e. The van der Waals surface area contributed by atoms with Crippen LogP contribution < -0.4 is 0 Å². The summed E-state index contributed by atoms with van der Waals surface area (Å²) in [7, 11) is 0. The van der Waals surface area contributed by atoms with E-state index in [9.17, 15) is 4.79 Å². The molecule has 0 aliphatic rings. The Balaban J connectivity index is 3.31. The van der Waals surface area contributed by atoms with Gasteiger partial charge in [0.25, 0.3) is 0 Å². The van der Waals surface area contributed by atoms with E-state index in [2.05, 4.69) is 27.7 Å². The van der Waals surface area contributed by atoms with Gasteiger partial charge in [0.2, 0.25) is 0 Å². The second-order valence-electron chi connectivity index (χ2n) is 21.0. The first-order valence-corrected chi connectivity index (χ1v) is 29.1. The molecular weight excluding hydrogens is 725 g/mol. The molecule has 0 rings (SSSR count). The van der Waals surface area contributed by atoms with Crippen LogP contribution in [-0.4, -0.2) is 5.78 Å². The van der Waals surface area contributed by atoms with E-state index in [1.54, 1.807) is 0 Å². The van der Waals surface area contributed by atoms with Gasteiger partial charge in [-0.2, -0.15) is 0 Å². The highest BCUT2D eigenvalue weighted by Gasteiger charge is 2.13. The highest BCUT2D eigenvalue weighted by molar-refractivity contribution is 5.78. The summed E-state index contributed by atoms with van der Waals surface area (Å²) in [5, 5.41) is 0. The molecular formula is C59H118O. The summed E-state index contributed by atoms with van der Waals surface area (Å²) in [6.45, 7) is 9.26. The Morgan fingerprint density at radius 1 is 0.233 bits per heavy atom. The molecule has 0 fully saturated rings. The lowest BCUT2D eigenvalue weighted by molar-refractivity contribution is -0.120. The number of rotatable bonds is 54. The van der Waals surface area contributed by atoms with Gasteiger partial charge in [-0.15, -0.1) is 0 Å². The van der Waals surface area contributed by atoms with Crippen molar-refractivity contribution in [2.75, 3.05) is 0 Å². The molecule has 0 radical (unpaired) electrons. The SMILES string of the molecule is CCCCCCCCCCCCCCCCCCCCCCCCCCC(C)CC(=O)CC(C)CCCCCCCCCCCCCCCCCCCCCCCCCC. The highest BCUT2D eigenvalue weighted by atomic mass is 16.1. The molecule has 0 N–H and O–H groups in total. The Kier molecular flexibility index (Phi) is 52.7. The van der Waals surface area contributed by atoms with E-state index in [0.29, 0.717) is 17.6 Å². The lowest BCUT2D eigenvalue weighted by Gasteiger charge is -2.14. The number of Topliss-reactive ketones (excluding diaryl/α,β-unsaturated/α-hetero) is 1. The molecule has 2 atom stereocenters. The number of carbonyl (C=O) groups excluding carboxylic acids is 1. The van der Waals surface area contributed by atoms with E-state index in [4.69, 9.17) is 0 Å². The highest BCUT2D eigenvalue weighted by Crippen LogP contribution is 2.22.